The molecule has 0 aliphatic heterocycles. The summed E-state index contributed by atoms with van der Waals surface area (Å²) in [4.78, 5) is 0. The first-order chi connectivity index (χ1) is 6.74. The molecule has 0 saturated carbocycles. The van der Waals surface area contributed by atoms with Crippen LogP contribution in [0.2, 0.25) is 0 Å². The molecule has 1 aromatic carbocycles. The van der Waals surface area contributed by atoms with E-state index in [9.17, 15) is 8.78 Å². The first-order valence-electron chi connectivity index (χ1n) is 4.55. The van der Waals surface area contributed by atoms with Crippen molar-refractivity contribution in [2.75, 3.05) is 6.54 Å². The van der Waals surface area contributed by atoms with Crippen molar-refractivity contribution in [2.45, 2.75) is 12.8 Å². The summed E-state index contributed by atoms with van der Waals surface area (Å²) >= 11 is 0. The number of unbranched alkanes of at least 4 members (excludes halogenated alkanes) is 1. The molecule has 0 aliphatic rings. The van der Waals surface area contributed by atoms with E-state index in [-0.39, 0.29) is 0 Å². The molecule has 0 fully saturated rings. The van der Waals surface area contributed by atoms with Crippen LogP contribution in [-0.4, -0.2) is 6.54 Å². The van der Waals surface area contributed by atoms with Crippen LogP contribution in [0.25, 0.3) is 6.08 Å². The molecule has 1 aromatic rings. The van der Waals surface area contributed by atoms with Gasteiger partial charge < -0.3 is 5.73 Å². The number of allylic oxidation sites excluding steroid dienone is 1. The third kappa shape index (κ3) is 3.26. The summed E-state index contributed by atoms with van der Waals surface area (Å²) in [5.41, 5.74) is 5.71. The number of halogens is 2. The Labute approximate surface area is 82.2 Å². The molecule has 0 aliphatic carbocycles. The second kappa shape index (κ2) is 5.50. The SMILES string of the molecule is NCCC/C=C/c1ccc(F)cc1F. The van der Waals surface area contributed by atoms with Gasteiger partial charge in [0.05, 0.1) is 0 Å². The van der Waals surface area contributed by atoms with Crippen LogP contribution in [0, 0.1) is 11.6 Å². The molecule has 0 atom stereocenters. The third-order valence-corrected chi connectivity index (χ3v) is 1.83. The molecule has 1 rings (SSSR count). The predicted octanol–water partition coefficient (Wildman–Crippen LogP) is 2.72. The van der Waals surface area contributed by atoms with Crippen LogP contribution >= 0.6 is 0 Å². The Morgan fingerprint density at radius 3 is 2.71 bits per heavy atom. The van der Waals surface area contributed by atoms with Crippen LogP contribution < -0.4 is 5.73 Å². The lowest BCUT2D eigenvalue weighted by molar-refractivity contribution is 0.581. The fourth-order valence-corrected chi connectivity index (χ4v) is 1.08. The Morgan fingerprint density at radius 2 is 2.07 bits per heavy atom. The summed E-state index contributed by atoms with van der Waals surface area (Å²) in [5, 5.41) is 0. The Bertz CT molecular complexity index is 321. The summed E-state index contributed by atoms with van der Waals surface area (Å²) in [6, 6.07) is 3.54. The van der Waals surface area contributed by atoms with Crippen LogP contribution in [0.4, 0.5) is 8.78 Å². The quantitative estimate of drug-likeness (QED) is 0.738. The average molecular weight is 197 g/mol. The zero-order valence-corrected chi connectivity index (χ0v) is 7.84. The van der Waals surface area contributed by atoms with Crippen LogP contribution in [0.15, 0.2) is 24.3 Å². The van der Waals surface area contributed by atoms with Gasteiger partial charge in [0.2, 0.25) is 0 Å². The summed E-state index contributed by atoms with van der Waals surface area (Å²) in [6.45, 7) is 0.621. The van der Waals surface area contributed by atoms with Crippen LogP contribution in [-0.2, 0) is 0 Å². The van der Waals surface area contributed by atoms with E-state index < -0.39 is 11.6 Å². The standard InChI is InChI=1S/C11H13F2N/c12-10-6-5-9(11(13)8-10)4-2-1-3-7-14/h2,4-6,8H,1,3,7,14H2/b4-2+. The van der Waals surface area contributed by atoms with E-state index in [0.717, 1.165) is 18.9 Å². The molecule has 14 heavy (non-hydrogen) atoms. The Hall–Kier alpha value is -1.22. The molecule has 3 heteroatoms. The minimum absolute atomic E-state index is 0.406. The van der Waals surface area contributed by atoms with Gasteiger partial charge in [-0.3, -0.25) is 0 Å². The first kappa shape index (κ1) is 10.9. The van der Waals surface area contributed by atoms with Crippen molar-refractivity contribution in [1.82, 2.24) is 0 Å². The maximum Gasteiger partial charge on any atom is 0.133 e. The van der Waals surface area contributed by atoms with Gasteiger partial charge in [0.1, 0.15) is 11.6 Å². The van der Waals surface area contributed by atoms with E-state index in [1.165, 1.54) is 12.1 Å². The van der Waals surface area contributed by atoms with Crippen molar-refractivity contribution < 1.29 is 8.78 Å². The van der Waals surface area contributed by atoms with Gasteiger partial charge in [0.15, 0.2) is 0 Å². The molecule has 0 bridgehead atoms. The molecule has 0 unspecified atom stereocenters. The van der Waals surface area contributed by atoms with Gasteiger partial charge in [0, 0.05) is 11.6 Å². The summed E-state index contributed by atoms with van der Waals surface area (Å²) in [6.07, 6.45) is 5.17. The van der Waals surface area contributed by atoms with E-state index in [0.29, 0.717) is 12.1 Å². The highest BCUT2D eigenvalue weighted by Gasteiger charge is 1.98. The van der Waals surface area contributed by atoms with Gasteiger partial charge in [-0.15, -0.1) is 0 Å². The Kier molecular flexibility index (Phi) is 4.26. The molecular formula is C11H13F2N. The van der Waals surface area contributed by atoms with Crippen molar-refractivity contribution >= 4 is 6.08 Å². The van der Waals surface area contributed by atoms with E-state index >= 15 is 0 Å². The highest BCUT2D eigenvalue weighted by molar-refractivity contribution is 5.49. The number of benzene rings is 1. The van der Waals surface area contributed by atoms with Gasteiger partial charge in [-0.1, -0.05) is 12.2 Å². The number of hydrogen-bond donors (Lipinski definition) is 1. The molecular weight excluding hydrogens is 184 g/mol. The number of hydrogen-bond acceptors (Lipinski definition) is 1. The lowest BCUT2D eigenvalue weighted by Crippen LogP contribution is -1.96. The van der Waals surface area contributed by atoms with Gasteiger partial charge >= 0.3 is 0 Å². The predicted molar refractivity (Wildman–Crippen MR) is 53.7 cm³/mol. The lowest BCUT2D eigenvalue weighted by atomic mass is 10.1. The first-order valence-corrected chi connectivity index (χ1v) is 4.55. The third-order valence-electron chi connectivity index (χ3n) is 1.83. The van der Waals surface area contributed by atoms with Gasteiger partial charge in [-0.2, -0.15) is 0 Å². The zero-order valence-electron chi connectivity index (χ0n) is 7.84. The molecule has 0 aromatic heterocycles. The van der Waals surface area contributed by atoms with Crippen molar-refractivity contribution in [2.24, 2.45) is 5.73 Å². The zero-order chi connectivity index (χ0) is 10.4. The smallest absolute Gasteiger partial charge is 0.133 e. The van der Waals surface area contributed by atoms with Gasteiger partial charge in [-0.05, 0) is 31.5 Å². The van der Waals surface area contributed by atoms with E-state index in [4.69, 9.17) is 5.73 Å². The topological polar surface area (TPSA) is 26.0 Å². The molecule has 0 spiro atoms. The molecule has 1 nitrogen and oxygen atoms in total. The van der Waals surface area contributed by atoms with Crippen LogP contribution in [0.1, 0.15) is 18.4 Å². The van der Waals surface area contributed by atoms with Crippen LogP contribution in [0.5, 0.6) is 0 Å². The summed E-state index contributed by atoms with van der Waals surface area (Å²) in [5.74, 6) is -1.09. The molecule has 76 valence electrons. The van der Waals surface area contributed by atoms with Gasteiger partial charge in [0.25, 0.3) is 0 Å². The van der Waals surface area contributed by atoms with Crippen molar-refractivity contribution in [3.05, 3.63) is 41.5 Å². The molecule has 0 saturated heterocycles. The highest BCUT2D eigenvalue weighted by atomic mass is 19.1. The summed E-state index contributed by atoms with van der Waals surface area (Å²) < 4.78 is 25.6. The Balaban J connectivity index is 2.62. The lowest BCUT2D eigenvalue weighted by Gasteiger charge is -1.96. The normalized spacial score (nSPS) is 11.1. The molecule has 2 N–H and O–H groups in total. The minimum Gasteiger partial charge on any atom is -0.330 e. The van der Waals surface area contributed by atoms with Crippen LogP contribution in [0.3, 0.4) is 0 Å². The van der Waals surface area contributed by atoms with E-state index in [1.807, 2.05) is 6.08 Å². The maximum atomic E-state index is 13.0. The molecule has 0 amide bonds. The van der Waals surface area contributed by atoms with Crippen molar-refractivity contribution in [3.8, 4) is 0 Å². The van der Waals surface area contributed by atoms with E-state index in [1.54, 1.807) is 6.08 Å². The van der Waals surface area contributed by atoms with E-state index in [2.05, 4.69) is 0 Å². The molecule has 0 heterocycles. The van der Waals surface area contributed by atoms with Crippen molar-refractivity contribution in [3.63, 3.8) is 0 Å². The average Bonchev–Trinajstić information content (AvgIpc) is 2.15. The molecule has 0 radical (unpaired) electrons. The maximum absolute atomic E-state index is 13.0. The second-order valence-corrected chi connectivity index (χ2v) is 3.00. The van der Waals surface area contributed by atoms with Crippen molar-refractivity contribution in [1.29, 1.82) is 0 Å². The minimum atomic E-state index is -0.554. The van der Waals surface area contributed by atoms with Gasteiger partial charge in [-0.25, -0.2) is 8.78 Å². The fraction of sp³-hybridized carbons (Fsp3) is 0.273. The monoisotopic (exact) mass is 197 g/mol. The number of rotatable bonds is 4. The Morgan fingerprint density at radius 1 is 1.29 bits per heavy atom. The number of nitrogens with two attached hydrogens (primary N) is 1. The largest absolute Gasteiger partial charge is 0.330 e. The second-order valence-electron chi connectivity index (χ2n) is 3.00. The fourth-order valence-electron chi connectivity index (χ4n) is 1.08. The highest BCUT2D eigenvalue weighted by Crippen LogP contribution is 2.11. The summed E-state index contributed by atoms with van der Waals surface area (Å²) in [7, 11) is 0.